The Balaban J connectivity index is 1.59. The second-order valence-corrected chi connectivity index (χ2v) is 9.18. The number of hydrogen-bond donors (Lipinski definition) is 1. The molecule has 0 aliphatic heterocycles. The third kappa shape index (κ3) is 3.92. The second kappa shape index (κ2) is 8.82. The molecule has 0 atom stereocenters. The van der Waals surface area contributed by atoms with E-state index in [2.05, 4.69) is 81.6 Å². The zero-order valence-corrected chi connectivity index (χ0v) is 20.4. The van der Waals surface area contributed by atoms with Crippen molar-refractivity contribution in [1.29, 1.82) is 0 Å². The molecular weight excluding hydrogens is 390 g/mol. The van der Waals surface area contributed by atoms with Crippen LogP contribution in [-0.4, -0.2) is 14.8 Å². The number of unbranched alkanes of at least 4 members (excludes halogenated alkanes) is 1. The number of aromatic nitrogens is 3. The molecule has 166 valence electrons. The van der Waals surface area contributed by atoms with E-state index in [0.717, 1.165) is 30.7 Å². The van der Waals surface area contributed by atoms with Crippen molar-refractivity contribution in [2.75, 3.05) is 0 Å². The highest BCUT2D eigenvalue weighted by Gasteiger charge is 2.18. The minimum Gasteiger partial charge on any atom is -0.354 e. The first-order chi connectivity index (χ1) is 15.3. The number of aryl methyl sites for hydroxylation is 6. The van der Waals surface area contributed by atoms with Crippen molar-refractivity contribution in [1.82, 2.24) is 14.8 Å². The molecule has 32 heavy (non-hydrogen) atoms. The van der Waals surface area contributed by atoms with Crippen LogP contribution < -0.4 is 0 Å². The average Bonchev–Trinajstić information content (AvgIpc) is 3.25. The summed E-state index contributed by atoms with van der Waals surface area (Å²) in [6.07, 6.45) is 6.50. The lowest BCUT2D eigenvalue weighted by molar-refractivity contribution is 0.731. The van der Waals surface area contributed by atoms with Gasteiger partial charge in [-0.05, 0) is 94.2 Å². The zero-order chi connectivity index (χ0) is 23.0. The van der Waals surface area contributed by atoms with Crippen LogP contribution in [0.1, 0.15) is 57.7 Å². The number of nitrogens with one attached hydrogen (secondary N) is 1. The molecule has 3 heteroatoms. The van der Waals surface area contributed by atoms with Gasteiger partial charge in [0.15, 0.2) is 0 Å². The Kier molecular flexibility index (Phi) is 6.10. The SMILES string of the molecule is C=Cc1[nH]c2c(-c3c(C)nn(C)c3C)cccc2c1CCCCc1cc(C)c(C)c(C)c1. The Hall–Kier alpha value is -3.07. The predicted molar refractivity (Wildman–Crippen MR) is 137 cm³/mol. The highest BCUT2D eigenvalue weighted by Crippen LogP contribution is 2.35. The fraction of sp³-hybridized carbons (Fsp3) is 0.345. The monoisotopic (exact) mass is 425 g/mol. The van der Waals surface area contributed by atoms with Gasteiger partial charge in [-0.15, -0.1) is 0 Å². The molecule has 2 aromatic heterocycles. The Morgan fingerprint density at radius 3 is 2.31 bits per heavy atom. The molecule has 0 aliphatic rings. The number of nitrogens with zero attached hydrogens (tertiary/aromatic N) is 2. The van der Waals surface area contributed by atoms with Crippen molar-refractivity contribution >= 4 is 17.0 Å². The van der Waals surface area contributed by atoms with Crippen LogP contribution in [-0.2, 0) is 19.9 Å². The number of rotatable bonds is 7. The lowest BCUT2D eigenvalue weighted by Crippen LogP contribution is -1.94. The van der Waals surface area contributed by atoms with Crippen LogP contribution in [0.25, 0.3) is 28.1 Å². The predicted octanol–water partition coefficient (Wildman–Crippen LogP) is 7.32. The van der Waals surface area contributed by atoms with Crippen LogP contribution in [0.5, 0.6) is 0 Å². The average molecular weight is 426 g/mol. The van der Waals surface area contributed by atoms with Gasteiger partial charge in [-0.25, -0.2) is 0 Å². The van der Waals surface area contributed by atoms with Crippen LogP contribution in [0.15, 0.2) is 36.9 Å². The molecule has 2 aromatic carbocycles. The number of H-pyrrole nitrogens is 1. The molecule has 2 heterocycles. The van der Waals surface area contributed by atoms with Crippen LogP contribution in [0.3, 0.4) is 0 Å². The van der Waals surface area contributed by atoms with E-state index < -0.39 is 0 Å². The summed E-state index contributed by atoms with van der Waals surface area (Å²) in [4.78, 5) is 3.67. The maximum absolute atomic E-state index is 4.63. The topological polar surface area (TPSA) is 33.6 Å². The molecule has 1 N–H and O–H groups in total. The molecule has 0 saturated heterocycles. The Morgan fingerprint density at radius 2 is 1.69 bits per heavy atom. The zero-order valence-electron chi connectivity index (χ0n) is 20.4. The van der Waals surface area contributed by atoms with Crippen molar-refractivity contribution in [2.24, 2.45) is 7.05 Å². The summed E-state index contributed by atoms with van der Waals surface area (Å²) in [5, 5.41) is 5.94. The van der Waals surface area contributed by atoms with Gasteiger partial charge in [0.2, 0.25) is 0 Å². The Bertz CT molecular complexity index is 1280. The third-order valence-electron chi connectivity index (χ3n) is 7.09. The first-order valence-electron chi connectivity index (χ1n) is 11.6. The van der Waals surface area contributed by atoms with Gasteiger partial charge in [0.05, 0.1) is 11.2 Å². The molecule has 4 aromatic rings. The fourth-order valence-electron chi connectivity index (χ4n) is 5.01. The van der Waals surface area contributed by atoms with Crippen molar-refractivity contribution < 1.29 is 0 Å². The molecule has 0 spiro atoms. The molecule has 0 saturated carbocycles. The van der Waals surface area contributed by atoms with Gasteiger partial charge in [-0.1, -0.05) is 36.9 Å². The quantitative estimate of drug-likeness (QED) is 0.309. The number of fused-ring (bicyclic) bond motifs is 1. The van der Waals surface area contributed by atoms with E-state index >= 15 is 0 Å². The number of aromatic amines is 1. The van der Waals surface area contributed by atoms with Gasteiger partial charge in [0, 0.05) is 34.9 Å². The molecule has 0 unspecified atom stereocenters. The van der Waals surface area contributed by atoms with Gasteiger partial charge in [0.1, 0.15) is 0 Å². The van der Waals surface area contributed by atoms with Crippen LogP contribution in [0.4, 0.5) is 0 Å². The van der Waals surface area contributed by atoms with E-state index in [1.165, 1.54) is 62.0 Å². The van der Waals surface area contributed by atoms with E-state index in [0.29, 0.717) is 0 Å². The van der Waals surface area contributed by atoms with Crippen molar-refractivity contribution in [2.45, 2.75) is 60.3 Å². The first-order valence-corrected chi connectivity index (χ1v) is 11.6. The standard InChI is InChI=1S/C29H35N3/c1-8-27-24(13-10-9-12-23-16-18(2)20(4)19(3)17-23)25-14-11-15-26(29(25)30-27)28-21(5)31-32(7)22(28)6/h8,11,14-17,30H,1,9-10,12-13H2,2-7H3. The largest absolute Gasteiger partial charge is 0.354 e. The molecule has 0 bridgehead atoms. The molecule has 0 aliphatic carbocycles. The van der Waals surface area contributed by atoms with E-state index in [4.69, 9.17) is 0 Å². The van der Waals surface area contributed by atoms with Crippen LogP contribution in [0, 0.1) is 34.6 Å². The molecule has 0 fully saturated rings. The normalized spacial score (nSPS) is 11.4. The number of hydrogen-bond acceptors (Lipinski definition) is 1. The summed E-state index contributed by atoms with van der Waals surface area (Å²) < 4.78 is 1.97. The van der Waals surface area contributed by atoms with Gasteiger partial charge in [-0.2, -0.15) is 5.10 Å². The van der Waals surface area contributed by atoms with Crippen molar-refractivity contribution in [3.8, 4) is 11.1 Å². The fourth-order valence-corrected chi connectivity index (χ4v) is 5.01. The minimum atomic E-state index is 1.06. The van der Waals surface area contributed by atoms with Crippen molar-refractivity contribution in [3.05, 3.63) is 81.8 Å². The Morgan fingerprint density at radius 1 is 1.00 bits per heavy atom. The van der Waals surface area contributed by atoms with E-state index in [1.807, 2.05) is 17.8 Å². The van der Waals surface area contributed by atoms with E-state index in [1.54, 1.807) is 0 Å². The lowest BCUT2D eigenvalue weighted by Gasteiger charge is -2.09. The number of para-hydroxylation sites is 1. The van der Waals surface area contributed by atoms with Gasteiger partial charge >= 0.3 is 0 Å². The minimum absolute atomic E-state index is 1.06. The highest BCUT2D eigenvalue weighted by molar-refractivity contribution is 5.99. The maximum Gasteiger partial charge on any atom is 0.0675 e. The molecular formula is C29H35N3. The summed E-state index contributed by atoms with van der Waals surface area (Å²) in [6.45, 7) is 15.0. The van der Waals surface area contributed by atoms with E-state index in [9.17, 15) is 0 Å². The Labute approximate surface area is 192 Å². The van der Waals surface area contributed by atoms with Crippen LogP contribution >= 0.6 is 0 Å². The summed E-state index contributed by atoms with van der Waals surface area (Å²) in [5.41, 5.74) is 14.1. The third-order valence-corrected chi connectivity index (χ3v) is 7.09. The van der Waals surface area contributed by atoms with E-state index in [-0.39, 0.29) is 0 Å². The van der Waals surface area contributed by atoms with Gasteiger partial charge in [-0.3, -0.25) is 4.68 Å². The summed E-state index contributed by atoms with van der Waals surface area (Å²) in [7, 11) is 2.01. The second-order valence-electron chi connectivity index (χ2n) is 9.18. The first kappa shape index (κ1) is 22.1. The van der Waals surface area contributed by atoms with Gasteiger partial charge < -0.3 is 4.98 Å². The lowest BCUT2D eigenvalue weighted by atomic mass is 9.96. The summed E-state index contributed by atoms with van der Waals surface area (Å²) in [5.74, 6) is 0. The van der Waals surface area contributed by atoms with Gasteiger partial charge in [0.25, 0.3) is 0 Å². The smallest absolute Gasteiger partial charge is 0.0675 e. The van der Waals surface area contributed by atoms with Crippen LogP contribution in [0.2, 0.25) is 0 Å². The highest BCUT2D eigenvalue weighted by atomic mass is 15.3. The molecule has 4 rings (SSSR count). The molecule has 0 radical (unpaired) electrons. The summed E-state index contributed by atoms with van der Waals surface area (Å²) >= 11 is 0. The summed E-state index contributed by atoms with van der Waals surface area (Å²) in [6, 6.07) is 11.3. The number of benzene rings is 2. The maximum atomic E-state index is 4.63. The van der Waals surface area contributed by atoms with Crippen molar-refractivity contribution in [3.63, 3.8) is 0 Å². The molecule has 3 nitrogen and oxygen atoms in total. The molecule has 0 amide bonds.